The summed E-state index contributed by atoms with van der Waals surface area (Å²) in [4.78, 5) is 11.1. The molecular formula is C13H22N4O. The lowest BCUT2D eigenvalue weighted by Crippen LogP contribution is -2.42. The van der Waals surface area contributed by atoms with Gasteiger partial charge in [0.1, 0.15) is 0 Å². The van der Waals surface area contributed by atoms with Crippen molar-refractivity contribution in [2.24, 2.45) is 5.73 Å². The Morgan fingerprint density at radius 1 is 1.50 bits per heavy atom. The highest BCUT2D eigenvalue weighted by Crippen LogP contribution is 2.28. The zero-order chi connectivity index (χ0) is 12.8. The first-order chi connectivity index (χ1) is 8.85. The van der Waals surface area contributed by atoms with E-state index in [0.29, 0.717) is 25.1 Å². The lowest BCUT2D eigenvalue weighted by atomic mass is 9.91. The van der Waals surface area contributed by atoms with Crippen LogP contribution in [0.4, 0.5) is 5.95 Å². The second-order valence-corrected chi connectivity index (χ2v) is 4.55. The van der Waals surface area contributed by atoms with Crippen LogP contribution < -0.4 is 15.4 Å². The highest BCUT2D eigenvalue weighted by atomic mass is 16.5. The van der Waals surface area contributed by atoms with Crippen molar-refractivity contribution in [2.45, 2.75) is 38.6 Å². The molecule has 2 N–H and O–H groups in total. The average molecular weight is 250 g/mol. The fourth-order valence-corrected chi connectivity index (χ4v) is 2.10. The number of nitrogens with zero attached hydrogens (tertiary/aromatic N) is 3. The van der Waals surface area contributed by atoms with Crippen LogP contribution in [0.5, 0.6) is 5.88 Å². The minimum Gasteiger partial charge on any atom is -0.478 e. The maximum Gasteiger partial charge on any atom is 0.228 e. The standard InChI is InChI=1S/C13H22N4O/c1-2-18-12-7-9-15-13(16-12)17(10-4-8-14)11-5-3-6-11/h7,9,11H,2-6,8,10,14H2,1H3. The number of anilines is 1. The van der Waals surface area contributed by atoms with Gasteiger partial charge in [-0.15, -0.1) is 0 Å². The zero-order valence-electron chi connectivity index (χ0n) is 11.0. The molecule has 0 amide bonds. The molecule has 1 aliphatic carbocycles. The topological polar surface area (TPSA) is 64.3 Å². The molecule has 0 radical (unpaired) electrons. The van der Waals surface area contributed by atoms with E-state index in [1.54, 1.807) is 12.3 Å². The van der Waals surface area contributed by atoms with Crippen molar-refractivity contribution in [1.29, 1.82) is 0 Å². The van der Waals surface area contributed by atoms with Crippen molar-refractivity contribution >= 4 is 5.95 Å². The number of aromatic nitrogens is 2. The first-order valence-corrected chi connectivity index (χ1v) is 6.77. The fourth-order valence-electron chi connectivity index (χ4n) is 2.10. The molecule has 1 aromatic heterocycles. The van der Waals surface area contributed by atoms with E-state index in [2.05, 4.69) is 14.9 Å². The number of nitrogens with two attached hydrogens (primary N) is 1. The molecule has 100 valence electrons. The maximum absolute atomic E-state index is 5.60. The summed E-state index contributed by atoms with van der Waals surface area (Å²) in [5, 5.41) is 0. The van der Waals surface area contributed by atoms with Crippen molar-refractivity contribution in [2.75, 3.05) is 24.6 Å². The molecule has 5 heteroatoms. The maximum atomic E-state index is 5.60. The molecule has 0 spiro atoms. The van der Waals surface area contributed by atoms with E-state index in [-0.39, 0.29) is 0 Å². The third-order valence-corrected chi connectivity index (χ3v) is 3.29. The van der Waals surface area contributed by atoms with E-state index in [0.717, 1.165) is 18.9 Å². The molecule has 0 saturated heterocycles. The quantitative estimate of drug-likeness (QED) is 0.796. The van der Waals surface area contributed by atoms with Crippen molar-refractivity contribution in [3.05, 3.63) is 12.3 Å². The Hall–Kier alpha value is -1.36. The van der Waals surface area contributed by atoms with Crippen LogP contribution >= 0.6 is 0 Å². The summed E-state index contributed by atoms with van der Waals surface area (Å²) in [6.07, 6.45) is 6.49. The van der Waals surface area contributed by atoms with Crippen LogP contribution in [-0.4, -0.2) is 35.7 Å². The summed E-state index contributed by atoms with van der Waals surface area (Å²) in [5.41, 5.74) is 5.60. The first kappa shape index (κ1) is 13.1. The molecule has 5 nitrogen and oxygen atoms in total. The molecular weight excluding hydrogens is 228 g/mol. The number of hydrogen-bond acceptors (Lipinski definition) is 5. The van der Waals surface area contributed by atoms with Gasteiger partial charge in [-0.1, -0.05) is 0 Å². The molecule has 0 unspecified atom stereocenters. The highest BCUT2D eigenvalue weighted by molar-refractivity contribution is 5.34. The van der Waals surface area contributed by atoms with Crippen LogP contribution in [0, 0.1) is 0 Å². The number of ether oxygens (including phenoxy) is 1. The number of hydrogen-bond donors (Lipinski definition) is 1. The first-order valence-electron chi connectivity index (χ1n) is 6.77. The summed E-state index contributed by atoms with van der Waals surface area (Å²) >= 11 is 0. The third-order valence-electron chi connectivity index (χ3n) is 3.29. The normalized spacial score (nSPS) is 15.2. The largest absolute Gasteiger partial charge is 0.478 e. The van der Waals surface area contributed by atoms with Crippen molar-refractivity contribution in [1.82, 2.24) is 9.97 Å². The van der Waals surface area contributed by atoms with Crippen molar-refractivity contribution in [3.8, 4) is 5.88 Å². The molecule has 0 aromatic carbocycles. The van der Waals surface area contributed by atoms with Crippen LogP contribution in [0.1, 0.15) is 32.6 Å². The van der Waals surface area contributed by atoms with Gasteiger partial charge in [0.05, 0.1) is 6.61 Å². The predicted octanol–water partition coefficient (Wildman–Crippen LogP) is 1.58. The SMILES string of the molecule is CCOc1ccnc(N(CCCN)C2CCC2)n1. The monoisotopic (exact) mass is 250 g/mol. The predicted molar refractivity (Wildman–Crippen MR) is 71.9 cm³/mol. The van der Waals surface area contributed by atoms with Gasteiger partial charge >= 0.3 is 0 Å². The van der Waals surface area contributed by atoms with Crippen molar-refractivity contribution in [3.63, 3.8) is 0 Å². The van der Waals surface area contributed by atoms with Crippen LogP contribution in [0.25, 0.3) is 0 Å². The van der Waals surface area contributed by atoms with Gasteiger partial charge in [-0.3, -0.25) is 0 Å². The summed E-state index contributed by atoms with van der Waals surface area (Å²) < 4.78 is 5.43. The van der Waals surface area contributed by atoms with Gasteiger partial charge in [0.15, 0.2) is 0 Å². The van der Waals surface area contributed by atoms with Gasteiger partial charge in [-0.2, -0.15) is 4.98 Å². The van der Waals surface area contributed by atoms with Gasteiger partial charge < -0.3 is 15.4 Å². The van der Waals surface area contributed by atoms with Crippen LogP contribution in [0.2, 0.25) is 0 Å². The zero-order valence-corrected chi connectivity index (χ0v) is 11.0. The lowest BCUT2D eigenvalue weighted by molar-refractivity contribution is 0.324. The highest BCUT2D eigenvalue weighted by Gasteiger charge is 2.26. The second-order valence-electron chi connectivity index (χ2n) is 4.55. The van der Waals surface area contributed by atoms with Crippen molar-refractivity contribution < 1.29 is 4.74 Å². The summed E-state index contributed by atoms with van der Waals surface area (Å²) in [6, 6.07) is 2.38. The van der Waals surface area contributed by atoms with Gasteiger partial charge in [0, 0.05) is 24.8 Å². The molecule has 0 atom stereocenters. The third kappa shape index (κ3) is 3.10. The summed E-state index contributed by atoms with van der Waals surface area (Å²) in [7, 11) is 0. The molecule has 0 aliphatic heterocycles. The van der Waals surface area contributed by atoms with E-state index in [1.165, 1.54) is 19.3 Å². The Kier molecular flexibility index (Phi) is 4.75. The smallest absolute Gasteiger partial charge is 0.228 e. The Morgan fingerprint density at radius 2 is 2.33 bits per heavy atom. The summed E-state index contributed by atoms with van der Waals surface area (Å²) in [6.45, 7) is 4.22. The summed E-state index contributed by atoms with van der Waals surface area (Å²) in [5.74, 6) is 1.43. The minimum atomic E-state index is 0.577. The van der Waals surface area contributed by atoms with Gasteiger partial charge in [0.2, 0.25) is 11.8 Å². The molecule has 1 heterocycles. The molecule has 1 aromatic rings. The molecule has 1 saturated carbocycles. The average Bonchev–Trinajstić information content (AvgIpc) is 2.33. The minimum absolute atomic E-state index is 0.577. The van der Waals surface area contributed by atoms with Crippen LogP contribution in [-0.2, 0) is 0 Å². The van der Waals surface area contributed by atoms with E-state index >= 15 is 0 Å². The Morgan fingerprint density at radius 3 is 2.94 bits per heavy atom. The molecule has 2 rings (SSSR count). The Bertz CT molecular complexity index is 368. The molecule has 1 aliphatic rings. The second kappa shape index (κ2) is 6.54. The number of rotatable bonds is 7. The molecule has 1 fully saturated rings. The fraction of sp³-hybridized carbons (Fsp3) is 0.692. The van der Waals surface area contributed by atoms with E-state index in [9.17, 15) is 0 Å². The van der Waals surface area contributed by atoms with Crippen LogP contribution in [0.15, 0.2) is 12.3 Å². The Balaban J connectivity index is 2.10. The van der Waals surface area contributed by atoms with Gasteiger partial charge in [-0.25, -0.2) is 4.98 Å². The molecule has 18 heavy (non-hydrogen) atoms. The van der Waals surface area contributed by atoms with Gasteiger partial charge in [0.25, 0.3) is 0 Å². The lowest BCUT2D eigenvalue weighted by Gasteiger charge is -2.37. The van der Waals surface area contributed by atoms with E-state index < -0.39 is 0 Å². The van der Waals surface area contributed by atoms with E-state index in [1.807, 2.05) is 6.92 Å². The Labute approximate surface area is 108 Å². The van der Waals surface area contributed by atoms with Gasteiger partial charge in [-0.05, 0) is 39.2 Å². The molecule has 0 bridgehead atoms. The van der Waals surface area contributed by atoms with E-state index in [4.69, 9.17) is 10.5 Å². The van der Waals surface area contributed by atoms with Crippen LogP contribution in [0.3, 0.4) is 0 Å².